The van der Waals surface area contributed by atoms with E-state index in [1.165, 1.54) is 4.31 Å². The molecule has 1 aromatic carbocycles. The molecule has 1 fully saturated rings. The zero-order valence-corrected chi connectivity index (χ0v) is 14.8. The Balaban J connectivity index is 1.92. The van der Waals surface area contributed by atoms with Gasteiger partial charge in [0.1, 0.15) is 0 Å². The van der Waals surface area contributed by atoms with E-state index in [2.05, 4.69) is 6.92 Å². The third kappa shape index (κ3) is 4.78. The molecular weight excluding hydrogens is 312 g/mol. The molecule has 5 nitrogen and oxygen atoms in total. The van der Waals surface area contributed by atoms with Crippen molar-refractivity contribution in [2.45, 2.75) is 32.4 Å². The monoisotopic (exact) mass is 338 g/mol. The third-order valence-corrected chi connectivity index (χ3v) is 6.13. The van der Waals surface area contributed by atoms with Crippen molar-refractivity contribution in [1.82, 2.24) is 9.21 Å². The first-order valence-corrected chi connectivity index (χ1v) is 9.85. The van der Waals surface area contributed by atoms with Crippen LogP contribution in [0.5, 0.6) is 0 Å². The van der Waals surface area contributed by atoms with Gasteiger partial charge in [-0.3, -0.25) is 4.79 Å². The van der Waals surface area contributed by atoms with Crippen molar-refractivity contribution in [3.63, 3.8) is 0 Å². The molecule has 6 heteroatoms. The standard InChI is InChI=1S/C17H26N2O3S/c1-3-7-15(2)17(20)18-10-12-19(13-11-18)23(21,22)14-16-8-5-4-6-9-16/h4-6,8-9,15H,3,7,10-14H2,1-2H3. The van der Waals surface area contributed by atoms with Gasteiger partial charge in [0.2, 0.25) is 15.9 Å². The second-order valence-corrected chi connectivity index (χ2v) is 8.12. The van der Waals surface area contributed by atoms with Gasteiger partial charge in [0.15, 0.2) is 0 Å². The van der Waals surface area contributed by atoms with Crippen LogP contribution in [-0.2, 0) is 20.6 Å². The maximum absolute atomic E-state index is 12.5. The molecule has 1 aliphatic heterocycles. The van der Waals surface area contributed by atoms with Crippen LogP contribution in [0.3, 0.4) is 0 Å². The lowest BCUT2D eigenvalue weighted by molar-refractivity contribution is -0.136. The van der Waals surface area contributed by atoms with Crippen LogP contribution in [0.2, 0.25) is 0 Å². The quantitative estimate of drug-likeness (QED) is 0.798. The van der Waals surface area contributed by atoms with Crippen molar-refractivity contribution in [1.29, 1.82) is 0 Å². The van der Waals surface area contributed by atoms with Gasteiger partial charge in [-0.2, -0.15) is 4.31 Å². The lowest BCUT2D eigenvalue weighted by atomic mass is 10.0. The van der Waals surface area contributed by atoms with E-state index in [0.29, 0.717) is 26.2 Å². The number of hydrogen-bond acceptors (Lipinski definition) is 3. The SMILES string of the molecule is CCCC(C)C(=O)N1CCN(S(=O)(=O)Cc2ccccc2)CC1. The molecule has 0 radical (unpaired) electrons. The second kappa shape index (κ2) is 7.93. The van der Waals surface area contributed by atoms with Crippen LogP contribution in [0.25, 0.3) is 0 Å². The summed E-state index contributed by atoms with van der Waals surface area (Å²) in [6.45, 7) is 5.77. The molecule has 0 N–H and O–H groups in total. The van der Waals surface area contributed by atoms with Gasteiger partial charge in [-0.1, -0.05) is 50.6 Å². The topological polar surface area (TPSA) is 57.7 Å². The van der Waals surface area contributed by atoms with E-state index in [9.17, 15) is 13.2 Å². The van der Waals surface area contributed by atoms with Gasteiger partial charge in [-0.25, -0.2) is 8.42 Å². The van der Waals surface area contributed by atoms with Crippen LogP contribution in [0, 0.1) is 5.92 Å². The summed E-state index contributed by atoms with van der Waals surface area (Å²) in [5, 5.41) is 0. The molecular formula is C17H26N2O3S. The minimum atomic E-state index is -3.32. The Labute approximate surface area is 139 Å². The van der Waals surface area contributed by atoms with Crippen molar-refractivity contribution in [2.24, 2.45) is 5.92 Å². The molecule has 0 bridgehead atoms. The van der Waals surface area contributed by atoms with E-state index < -0.39 is 10.0 Å². The molecule has 128 valence electrons. The van der Waals surface area contributed by atoms with Gasteiger partial charge in [0, 0.05) is 32.1 Å². The highest BCUT2D eigenvalue weighted by Crippen LogP contribution is 2.16. The van der Waals surface area contributed by atoms with Crippen LogP contribution in [-0.4, -0.2) is 49.7 Å². The van der Waals surface area contributed by atoms with Crippen LogP contribution in [0.15, 0.2) is 30.3 Å². The van der Waals surface area contributed by atoms with Crippen molar-refractivity contribution in [3.05, 3.63) is 35.9 Å². The van der Waals surface area contributed by atoms with Gasteiger partial charge in [-0.05, 0) is 12.0 Å². The molecule has 0 saturated carbocycles. The summed E-state index contributed by atoms with van der Waals surface area (Å²) < 4.78 is 26.5. The first kappa shape index (κ1) is 17.9. The summed E-state index contributed by atoms with van der Waals surface area (Å²) in [6, 6.07) is 9.21. The zero-order valence-electron chi connectivity index (χ0n) is 13.9. The lowest BCUT2D eigenvalue weighted by Gasteiger charge is -2.35. The first-order valence-electron chi connectivity index (χ1n) is 8.24. The first-order chi connectivity index (χ1) is 10.9. The van der Waals surface area contributed by atoms with Crippen LogP contribution in [0.1, 0.15) is 32.3 Å². The van der Waals surface area contributed by atoms with Crippen molar-refractivity contribution >= 4 is 15.9 Å². The van der Waals surface area contributed by atoms with Crippen LogP contribution < -0.4 is 0 Å². The summed E-state index contributed by atoms with van der Waals surface area (Å²) >= 11 is 0. The van der Waals surface area contributed by atoms with E-state index in [1.807, 2.05) is 37.3 Å². The number of piperazine rings is 1. The number of rotatable bonds is 6. The van der Waals surface area contributed by atoms with Gasteiger partial charge in [0.25, 0.3) is 0 Å². The highest BCUT2D eigenvalue weighted by atomic mass is 32.2. The molecule has 1 saturated heterocycles. The Kier molecular flexibility index (Phi) is 6.18. The molecule has 0 spiro atoms. The Morgan fingerprint density at radius 2 is 1.74 bits per heavy atom. The van der Waals surface area contributed by atoms with E-state index >= 15 is 0 Å². The maximum atomic E-state index is 12.5. The maximum Gasteiger partial charge on any atom is 0.225 e. The van der Waals surface area contributed by atoms with Crippen molar-refractivity contribution in [2.75, 3.05) is 26.2 Å². The zero-order chi connectivity index (χ0) is 16.9. The van der Waals surface area contributed by atoms with Crippen molar-refractivity contribution < 1.29 is 13.2 Å². The average molecular weight is 338 g/mol. The highest BCUT2D eigenvalue weighted by Gasteiger charge is 2.30. The summed E-state index contributed by atoms with van der Waals surface area (Å²) in [7, 11) is -3.32. The fourth-order valence-electron chi connectivity index (χ4n) is 2.93. The summed E-state index contributed by atoms with van der Waals surface area (Å²) in [5.41, 5.74) is 0.794. The minimum Gasteiger partial charge on any atom is -0.340 e. The molecule has 2 rings (SSSR count). The molecule has 1 atom stereocenters. The fraction of sp³-hybridized carbons (Fsp3) is 0.588. The summed E-state index contributed by atoms with van der Waals surface area (Å²) in [4.78, 5) is 14.1. The number of amides is 1. The predicted octanol–water partition coefficient (Wildman–Crippen LogP) is 2.10. The Morgan fingerprint density at radius 1 is 1.13 bits per heavy atom. The van der Waals surface area contributed by atoms with Crippen LogP contribution >= 0.6 is 0 Å². The third-order valence-electron chi connectivity index (χ3n) is 4.28. The lowest BCUT2D eigenvalue weighted by Crippen LogP contribution is -2.51. The minimum absolute atomic E-state index is 0.0208. The molecule has 0 aliphatic carbocycles. The molecule has 0 aromatic heterocycles. The summed E-state index contributed by atoms with van der Waals surface area (Å²) in [6.07, 6.45) is 1.86. The normalized spacial score (nSPS) is 17.9. The number of sulfonamides is 1. The summed E-state index contributed by atoms with van der Waals surface area (Å²) in [5.74, 6) is 0.188. The van der Waals surface area contributed by atoms with Gasteiger partial charge in [0.05, 0.1) is 5.75 Å². The number of carbonyl (C=O) groups is 1. The van der Waals surface area contributed by atoms with Crippen molar-refractivity contribution in [3.8, 4) is 0 Å². The highest BCUT2D eigenvalue weighted by molar-refractivity contribution is 7.88. The molecule has 1 amide bonds. The van der Waals surface area contributed by atoms with E-state index in [-0.39, 0.29) is 17.6 Å². The van der Waals surface area contributed by atoms with E-state index in [0.717, 1.165) is 18.4 Å². The predicted molar refractivity (Wildman–Crippen MR) is 91.3 cm³/mol. The van der Waals surface area contributed by atoms with Gasteiger partial charge in [-0.15, -0.1) is 0 Å². The Hall–Kier alpha value is -1.40. The smallest absolute Gasteiger partial charge is 0.225 e. The van der Waals surface area contributed by atoms with Crippen LogP contribution in [0.4, 0.5) is 0 Å². The molecule has 1 heterocycles. The fourth-order valence-corrected chi connectivity index (χ4v) is 4.45. The second-order valence-electron chi connectivity index (χ2n) is 6.16. The van der Waals surface area contributed by atoms with E-state index in [4.69, 9.17) is 0 Å². The average Bonchev–Trinajstić information content (AvgIpc) is 2.55. The number of hydrogen-bond donors (Lipinski definition) is 0. The Bertz CT molecular complexity index is 608. The number of benzene rings is 1. The van der Waals surface area contributed by atoms with Gasteiger partial charge < -0.3 is 4.90 Å². The number of nitrogens with zero attached hydrogens (tertiary/aromatic N) is 2. The molecule has 23 heavy (non-hydrogen) atoms. The molecule has 1 aliphatic rings. The molecule has 1 unspecified atom stereocenters. The van der Waals surface area contributed by atoms with E-state index in [1.54, 1.807) is 4.90 Å². The Morgan fingerprint density at radius 3 is 2.30 bits per heavy atom. The largest absolute Gasteiger partial charge is 0.340 e. The van der Waals surface area contributed by atoms with Gasteiger partial charge >= 0.3 is 0 Å². The number of carbonyl (C=O) groups excluding carboxylic acids is 1. The molecule has 1 aromatic rings.